The lowest BCUT2D eigenvalue weighted by Crippen LogP contribution is -2.42. The Balaban J connectivity index is 1.68. The summed E-state index contributed by atoms with van der Waals surface area (Å²) >= 11 is 0. The van der Waals surface area contributed by atoms with Gasteiger partial charge in [0.15, 0.2) is 0 Å². The molecule has 32 heavy (non-hydrogen) atoms. The summed E-state index contributed by atoms with van der Waals surface area (Å²) in [6.07, 6.45) is -0.307. The number of aryl methyl sites for hydroxylation is 1. The van der Waals surface area contributed by atoms with E-state index in [0.717, 1.165) is 11.1 Å². The van der Waals surface area contributed by atoms with E-state index >= 15 is 0 Å². The normalized spacial score (nSPS) is 19.2. The number of hydrogen-bond acceptors (Lipinski definition) is 6. The fourth-order valence-corrected chi connectivity index (χ4v) is 4.37. The fourth-order valence-electron chi connectivity index (χ4n) is 3.43. The summed E-state index contributed by atoms with van der Waals surface area (Å²) in [5, 5.41) is 0. The van der Waals surface area contributed by atoms with Crippen LogP contribution in [0.25, 0.3) is 0 Å². The molecule has 1 amide bonds. The lowest BCUT2D eigenvalue weighted by Gasteiger charge is -2.28. The number of rotatable bonds is 7. The molecule has 1 aliphatic heterocycles. The van der Waals surface area contributed by atoms with Gasteiger partial charge < -0.3 is 14.4 Å². The monoisotopic (exact) mass is 461 g/mol. The van der Waals surface area contributed by atoms with Crippen LogP contribution >= 0.6 is 0 Å². The first-order chi connectivity index (χ1) is 15.0. The Hall–Kier alpha value is -2.42. The van der Waals surface area contributed by atoms with Crippen LogP contribution in [0.2, 0.25) is 0 Å². The van der Waals surface area contributed by atoms with Crippen LogP contribution in [0.4, 0.5) is 4.79 Å². The van der Waals surface area contributed by atoms with E-state index in [1.165, 1.54) is 17.0 Å². The van der Waals surface area contributed by atoms with Crippen LogP contribution in [0.5, 0.6) is 0 Å². The van der Waals surface area contributed by atoms with Gasteiger partial charge >= 0.3 is 6.09 Å². The van der Waals surface area contributed by atoms with Gasteiger partial charge in [-0.1, -0.05) is 48.0 Å². The minimum absolute atomic E-state index is 0.0850. The van der Waals surface area contributed by atoms with E-state index in [2.05, 4.69) is 0 Å². The highest BCUT2D eigenvalue weighted by molar-refractivity contribution is 7.86. The van der Waals surface area contributed by atoms with Crippen molar-refractivity contribution in [3.63, 3.8) is 0 Å². The number of benzene rings is 2. The standard InChI is InChI=1S/C24H31NO6S/c1-18-10-12-22(13-11-18)32(27,28)30-17-20-14-21(29-16-19-8-6-5-7-9-19)15-25(20)23(26)31-24(2,3)4/h5-13,20-21H,14-17H2,1-4H3/t20-,21-/m1/s1. The number of carbonyl (C=O) groups excluding carboxylic acids is 1. The smallest absolute Gasteiger partial charge is 0.410 e. The van der Waals surface area contributed by atoms with Crippen molar-refractivity contribution >= 4 is 16.2 Å². The summed E-state index contributed by atoms with van der Waals surface area (Å²) in [5.74, 6) is 0. The fraction of sp³-hybridized carbons (Fsp3) is 0.458. The molecule has 1 aliphatic rings. The number of likely N-dealkylation sites (tertiary alicyclic amines) is 1. The van der Waals surface area contributed by atoms with Crippen molar-refractivity contribution in [3.8, 4) is 0 Å². The van der Waals surface area contributed by atoms with Crippen molar-refractivity contribution in [1.82, 2.24) is 4.90 Å². The van der Waals surface area contributed by atoms with Gasteiger partial charge in [-0.2, -0.15) is 8.42 Å². The molecule has 0 spiro atoms. The Morgan fingerprint density at radius 2 is 1.72 bits per heavy atom. The van der Waals surface area contributed by atoms with E-state index in [1.807, 2.05) is 37.3 Å². The van der Waals surface area contributed by atoms with Gasteiger partial charge in [0, 0.05) is 0 Å². The van der Waals surface area contributed by atoms with Crippen molar-refractivity contribution in [1.29, 1.82) is 0 Å². The highest BCUT2D eigenvalue weighted by atomic mass is 32.2. The summed E-state index contributed by atoms with van der Waals surface area (Å²) in [6, 6.07) is 15.7. The van der Waals surface area contributed by atoms with Gasteiger partial charge in [0.1, 0.15) is 5.60 Å². The average molecular weight is 462 g/mol. The number of amides is 1. The minimum Gasteiger partial charge on any atom is -0.444 e. The molecular weight excluding hydrogens is 430 g/mol. The second kappa shape index (κ2) is 10.0. The van der Waals surface area contributed by atoms with Gasteiger partial charge in [-0.25, -0.2) is 4.79 Å². The van der Waals surface area contributed by atoms with Crippen molar-refractivity contribution in [2.75, 3.05) is 13.2 Å². The molecule has 174 valence electrons. The quantitative estimate of drug-likeness (QED) is 0.572. The van der Waals surface area contributed by atoms with Crippen molar-refractivity contribution in [2.24, 2.45) is 0 Å². The van der Waals surface area contributed by atoms with E-state index < -0.39 is 27.9 Å². The molecule has 0 saturated carbocycles. The number of hydrogen-bond donors (Lipinski definition) is 0. The average Bonchev–Trinajstić information content (AvgIpc) is 3.14. The molecule has 3 rings (SSSR count). The van der Waals surface area contributed by atoms with Crippen LogP contribution in [0.1, 0.15) is 38.3 Å². The van der Waals surface area contributed by atoms with Crippen LogP contribution < -0.4 is 0 Å². The van der Waals surface area contributed by atoms with Crippen LogP contribution in [-0.2, 0) is 30.4 Å². The molecule has 1 heterocycles. The van der Waals surface area contributed by atoms with Crippen LogP contribution in [0.15, 0.2) is 59.5 Å². The van der Waals surface area contributed by atoms with E-state index in [1.54, 1.807) is 32.9 Å². The predicted octanol–water partition coefficient (Wildman–Crippen LogP) is 4.30. The molecule has 0 N–H and O–H groups in total. The second-order valence-corrected chi connectivity index (χ2v) is 10.6. The summed E-state index contributed by atoms with van der Waals surface area (Å²) in [4.78, 5) is 14.4. The first-order valence-electron chi connectivity index (χ1n) is 10.6. The molecule has 0 radical (unpaired) electrons. The highest BCUT2D eigenvalue weighted by Gasteiger charge is 2.39. The molecule has 0 aromatic heterocycles. The largest absolute Gasteiger partial charge is 0.444 e. The first-order valence-corrected chi connectivity index (χ1v) is 12.1. The maximum Gasteiger partial charge on any atom is 0.410 e. The molecular formula is C24H31NO6S. The Bertz CT molecular complexity index is 999. The van der Waals surface area contributed by atoms with Gasteiger partial charge in [-0.15, -0.1) is 0 Å². The molecule has 0 unspecified atom stereocenters. The lowest BCUT2D eigenvalue weighted by atomic mass is 10.2. The third-order valence-electron chi connectivity index (χ3n) is 5.06. The third kappa shape index (κ3) is 6.79. The Kier molecular flexibility index (Phi) is 7.59. The topological polar surface area (TPSA) is 82.1 Å². The van der Waals surface area contributed by atoms with Crippen molar-refractivity contribution in [3.05, 3.63) is 65.7 Å². The zero-order valence-corrected chi connectivity index (χ0v) is 19.8. The second-order valence-electron chi connectivity index (χ2n) is 8.99. The number of nitrogens with zero attached hydrogens (tertiary/aromatic N) is 1. The Morgan fingerprint density at radius 1 is 1.06 bits per heavy atom. The summed E-state index contributed by atoms with van der Waals surface area (Å²) < 4.78 is 42.1. The molecule has 1 saturated heterocycles. The summed E-state index contributed by atoms with van der Waals surface area (Å²) in [5.41, 5.74) is 1.31. The molecule has 8 heteroatoms. The zero-order valence-electron chi connectivity index (χ0n) is 19.0. The minimum atomic E-state index is -3.94. The summed E-state index contributed by atoms with van der Waals surface area (Å²) in [6.45, 7) is 7.79. The molecule has 2 aromatic carbocycles. The van der Waals surface area contributed by atoms with Crippen molar-refractivity contribution in [2.45, 2.75) is 63.4 Å². The van der Waals surface area contributed by atoms with E-state index in [0.29, 0.717) is 19.6 Å². The van der Waals surface area contributed by atoms with Crippen LogP contribution in [-0.4, -0.2) is 50.3 Å². The highest BCUT2D eigenvalue weighted by Crippen LogP contribution is 2.26. The Morgan fingerprint density at radius 3 is 2.34 bits per heavy atom. The molecule has 0 bridgehead atoms. The first kappa shape index (κ1) is 24.2. The van der Waals surface area contributed by atoms with Crippen LogP contribution in [0.3, 0.4) is 0 Å². The molecule has 2 atom stereocenters. The maximum atomic E-state index is 12.8. The van der Waals surface area contributed by atoms with E-state index in [9.17, 15) is 13.2 Å². The van der Waals surface area contributed by atoms with E-state index in [-0.39, 0.29) is 17.6 Å². The maximum absolute atomic E-state index is 12.8. The third-order valence-corrected chi connectivity index (χ3v) is 6.35. The number of carbonyl (C=O) groups is 1. The zero-order chi connectivity index (χ0) is 23.4. The van der Waals surface area contributed by atoms with Gasteiger partial charge in [0.2, 0.25) is 0 Å². The Labute approximate surface area is 190 Å². The SMILES string of the molecule is Cc1ccc(S(=O)(=O)OC[C@H]2C[C@@H](OCc3ccccc3)CN2C(=O)OC(C)(C)C)cc1. The lowest BCUT2D eigenvalue weighted by molar-refractivity contribution is 0.0128. The van der Waals surface area contributed by atoms with Gasteiger partial charge in [-0.05, 0) is 51.8 Å². The molecule has 7 nitrogen and oxygen atoms in total. The van der Waals surface area contributed by atoms with E-state index in [4.69, 9.17) is 13.7 Å². The van der Waals surface area contributed by atoms with Crippen molar-refractivity contribution < 1.29 is 26.9 Å². The summed E-state index contributed by atoms with van der Waals surface area (Å²) in [7, 11) is -3.94. The number of ether oxygens (including phenoxy) is 2. The van der Waals surface area contributed by atoms with Crippen LogP contribution in [0, 0.1) is 6.92 Å². The van der Waals surface area contributed by atoms with Gasteiger partial charge in [0.05, 0.1) is 36.8 Å². The molecule has 1 fully saturated rings. The molecule has 0 aliphatic carbocycles. The van der Waals surface area contributed by atoms with Gasteiger partial charge in [0.25, 0.3) is 10.1 Å². The van der Waals surface area contributed by atoms with Gasteiger partial charge in [-0.3, -0.25) is 4.18 Å². The molecule has 2 aromatic rings. The predicted molar refractivity (Wildman–Crippen MR) is 121 cm³/mol.